The molecule has 0 aromatic rings. The third-order valence-electron chi connectivity index (χ3n) is 3.07. The third-order valence-corrected chi connectivity index (χ3v) is 3.07. The van der Waals surface area contributed by atoms with Crippen LogP contribution in [0.2, 0.25) is 0 Å². The molecule has 0 radical (unpaired) electrons. The lowest BCUT2D eigenvalue weighted by atomic mass is 9.79. The number of carboxylic acid groups (broad SMARTS) is 1. The lowest BCUT2D eigenvalue weighted by Crippen LogP contribution is -2.40. The quantitative estimate of drug-likeness (QED) is 0.335. The van der Waals surface area contributed by atoms with Gasteiger partial charge in [-0.25, -0.2) is 0 Å². The van der Waals surface area contributed by atoms with Crippen LogP contribution in [0.5, 0.6) is 0 Å². The Morgan fingerprint density at radius 2 is 2.18 bits per heavy atom. The molecule has 0 aromatic carbocycles. The van der Waals surface area contributed by atoms with Gasteiger partial charge in [0.25, 0.3) is 0 Å². The van der Waals surface area contributed by atoms with Crippen LogP contribution in [0.15, 0.2) is 12.2 Å². The first kappa shape index (κ1) is 13.7. The summed E-state index contributed by atoms with van der Waals surface area (Å²) in [6, 6.07) is 0. The van der Waals surface area contributed by atoms with Gasteiger partial charge in [0.2, 0.25) is 0 Å². The average Bonchev–Trinajstić information content (AvgIpc) is 2.35. The summed E-state index contributed by atoms with van der Waals surface area (Å²) in [6.07, 6.45) is 7.95. The normalized spacial score (nSPS) is 23.4. The van der Waals surface area contributed by atoms with E-state index in [1.165, 1.54) is 6.08 Å². The molecule has 1 atom stereocenters. The van der Waals surface area contributed by atoms with Crippen LogP contribution in [0.1, 0.15) is 45.4 Å². The van der Waals surface area contributed by atoms with Crippen molar-refractivity contribution in [1.29, 1.82) is 0 Å². The molecular formula is C13H20O4. The van der Waals surface area contributed by atoms with Gasteiger partial charge in [-0.1, -0.05) is 31.9 Å². The van der Waals surface area contributed by atoms with Gasteiger partial charge in [0, 0.05) is 0 Å². The maximum absolute atomic E-state index is 11.9. The second-order valence-corrected chi connectivity index (χ2v) is 4.41. The fourth-order valence-corrected chi connectivity index (χ4v) is 1.95. The number of ether oxygens (including phenoxy) is 1. The van der Waals surface area contributed by atoms with Crippen molar-refractivity contribution in [3.63, 3.8) is 0 Å². The van der Waals surface area contributed by atoms with Crippen LogP contribution >= 0.6 is 0 Å². The van der Waals surface area contributed by atoms with Crippen molar-refractivity contribution in [3.05, 3.63) is 12.2 Å². The number of carbonyl (C=O) groups is 2. The number of unbranched alkanes of at least 4 members (excludes halogenated alkanes) is 2. The van der Waals surface area contributed by atoms with Crippen LogP contribution in [-0.2, 0) is 14.3 Å². The number of hydrogen-bond donors (Lipinski definition) is 1. The van der Waals surface area contributed by atoms with Crippen LogP contribution in [0, 0.1) is 5.41 Å². The molecule has 0 saturated carbocycles. The maximum Gasteiger partial charge on any atom is 0.327 e. The zero-order valence-corrected chi connectivity index (χ0v) is 10.3. The highest BCUT2D eigenvalue weighted by atomic mass is 16.5. The van der Waals surface area contributed by atoms with E-state index in [9.17, 15) is 14.7 Å². The minimum atomic E-state index is -1.44. The maximum atomic E-state index is 11.9. The van der Waals surface area contributed by atoms with Crippen LogP contribution in [-0.4, -0.2) is 23.7 Å². The highest BCUT2D eigenvalue weighted by molar-refractivity contribution is 6.01. The van der Waals surface area contributed by atoms with Crippen molar-refractivity contribution in [2.45, 2.75) is 45.4 Å². The Morgan fingerprint density at radius 3 is 2.71 bits per heavy atom. The van der Waals surface area contributed by atoms with Crippen molar-refractivity contribution < 1.29 is 19.4 Å². The summed E-state index contributed by atoms with van der Waals surface area (Å²) in [5.74, 6) is -1.72. The van der Waals surface area contributed by atoms with Gasteiger partial charge in [-0.3, -0.25) is 9.59 Å². The lowest BCUT2D eigenvalue weighted by molar-refractivity contribution is -0.165. The fraction of sp³-hybridized carbons (Fsp3) is 0.692. The molecule has 0 spiro atoms. The monoisotopic (exact) mass is 240 g/mol. The Hall–Kier alpha value is -1.32. The topological polar surface area (TPSA) is 63.6 Å². The highest BCUT2D eigenvalue weighted by Crippen LogP contribution is 2.32. The van der Waals surface area contributed by atoms with Crippen LogP contribution in [0.3, 0.4) is 0 Å². The van der Waals surface area contributed by atoms with Crippen LogP contribution < -0.4 is 0 Å². The molecule has 96 valence electrons. The first-order chi connectivity index (χ1) is 8.13. The van der Waals surface area contributed by atoms with Crippen molar-refractivity contribution in [3.8, 4) is 0 Å². The second kappa shape index (κ2) is 6.42. The Bertz CT molecular complexity index is 309. The van der Waals surface area contributed by atoms with Crippen molar-refractivity contribution in [2.75, 3.05) is 6.61 Å². The Kier molecular flexibility index (Phi) is 5.19. The van der Waals surface area contributed by atoms with E-state index < -0.39 is 17.4 Å². The first-order valence-electron chi connectivity index (χ1n) is 6.22. The van der Waals surface area contributed by atoms with Gasteiger partial charge in [-0.15, -0.1) is 0 Å². The summed E-state index contributed by atoms with van der Waals surface area (Å²) >= 11 is 0. The molecule has 1 unspecified atom stereocenters. The number of carbonyl (C=O) groups excluding carboxylic acids is 1. The Morgan fingerprint density at radius 1 is 1.41 bits per heavy atom. The molecule has 0 fully saturated rings. The molecule has 1 aliphatic carbocycles. The van der Waals surface area contributed by atoms with Gasteiger partial charge < -0.3 is 9.84 Å². The van der Waals surface area contributed by atoms with Gasteiger partial charge >= 0.3 is 11.9 Å². The van der Waals surface area contributed by atoms with Crippen LogP contribution in [0.4, 0.5) is 0 Å². The molecule has 1 N–H and O–H groups in total. The van der Waals surface area contributed by atoms with E-state index in [4.69, 9.17) is 4.74 Å². The smallest absolute Gasteiger partial charge is 0.327 e. The van der Waals surface area contributed by atoms with Crippen LogP contribution in [0.25, 0.3) is 0 Å². The standard InChI is InChI=1S/C13H20O4/c1-2-3-7-10-17-12(16)13(11(14)15)8-5-4-6-9-13/h5,8H,2-4,6-7,9-10H2,1H3,(H,14,15). The summed E-state index contributed by atoms with van der Waals surface area (Å²) in [4.78, 5) is 23.1. The SMILES string of the molecule is CCCCCOC(=O)C1(C(=O)O)C=CCCC1. The molecule has 4 nitrogen and oxygen atoms in total. The number of esters is 1. The van der Waals surface area contributed by atoms with Gasteiger partial charge in [0.1, 0.15) is 0 Å². The van der Waals surface area contributed by atoms with E-state index in [0.29, 0.717) is 19.4 Å². The minimum absolute atomic E-state index is 0.315. The molecule has 0 aliphatic heterocycles. The van der Waals surface area contributed by atoms with Crippen molar-refractivity contribution in [2.24, 2.45) is 5.41 Å². The molecule has 0 aromatic heterocycles. The average molecular weight is 240 g/mol. The molecule has 0 heterocycles. The summed E-state index contributed by atoms with van der Waals surface area (Å²) in [5, 5.41) is 9.21. The molecule has 4 heteroatoms. The van der Waals surface area contributed by atoms with E-state index in [2.05, 4.69) is 6.92 Å². The summed E-state index contributed by atoms with van der Waals surface area (Å²) in [7, 11) is 0. The molecule has 0 saturated heterocycles. The molecule has 0 bridgehead atoms. The molecule has 17 heavy (non-hydrogen) atoms. The van der Waals surface area contributed by atoms with Crippen molar-refractivity contribution in [1.82, 2.24) is 0 Å². The third kappa shape index (κ3) is 3.32. The fourth-order valence-electron chi connectivity index (χ4n) is 1.95. The molecule has 0 amide bonds. The number of allylic oxidation sites excluding steroid dienone is 1. The Balaban J connectivity index is 2.59. The van der Waals surface area contributed by atoms with E-state index in [1.54, 1.807) is 6.08 Å². The van der Waals surface area contributed by atoms with E-state index in [-0.39, 0.29) is 0 Å². The minimum Gasteiger partial charge on any atom is -0.480 e. The highest BCUT2D eigenvalue weighted by Gasteiger charge is 2.45. The predicted molar refractivity (Wildman–Crippen MR) is 63.5 cm³/mol. The van der Waals surface area contributed by atoms with Gasteiger partial charge in [0.15, 0.2) is 5.41 Å². The van der Waals surface area contributed by atoms with E-state index in [1.807, 2.05) is 0 Å². The summed E-state index contributed by atoms with van der Waals surface area (Å²) in [5.41, 5.74) is -1.44. The summed E-state index contributed by atoms with van der Waals surface area (Å²) in [6.45, 7) is 2.37. The summed E-state index contributed by atoms with van der Waals surface area (Å²) < 4.78 is 5.08. The predicted octanol–water partition coefficient (Wildman–Crippen LogP) is 2.53. The largest absolute Gasteiger partial charge is 0.480 e. The van der Waals surface area contributed by atoms with Gasteiger partial charge in [-0.2, -0.15) is 0 Å². The number of aliphatic carboxylic acids is 1. The number of carboxylic acids is 1. The van der Waals surface area contributed by atoms with Crippen molar-refractivity contribution >= 4 is 11.9 Å². The lowest BCUT2D eigenvalue weighted by Gasteiger charge is -2.26. The van der Waals surface area contributed by atoms with E-state index in [0.717, 1.165) is 25.7 Å². The molecule has 1 rings (SSSR count). The molecule has 1 aliphatic rings. The zero-order valence-electron chi connectivity index (χ0n) is 10.3. The molecular weight excluding hydrogens is 220 g/mol. The zero-order chi connectivity index (χ0) is 12.7. The van der Waals surface area contributed by atoms with Gasteiger partial charge in [-0.05, 0) is 25.7 Å². The number of hydrogen-bond acceptors (Lipinski definition) is 3. The number of rotatable bonds is 6. The van der Waals surface area contributed by atoms with E-state index >= 15 is 0 Å². The second-order valence-electron chi connectivity index (χ2n) is 4.41. The van der Waals surface area contributed by atoms with Gasteiger partial charge in [0.05, 0.1) is 6.61 Å². The Labute approximate surface area is 102 Å². The first-order valence-corrected chi connectivity index (χ1v) is 6.22.